The van der Waals surface area contributed by atoms with Gasteiger partial charge in [-0.05, 0) is 37.7 Å². The van der Waals surface area contributed by atoms with E-state index >= 15 is 0 Å². The highest BCUT2D eigenvalue weighted by molar-refractivity contribution is 7.91. The molecule has 1 N–H and O–H groups in total. The van der Waals surface area contributed by atoms with Gasteiger partial charge in [0.05, 0.1) is 4.90 Å². The Morgan fingerprint density at radius 3 is 2.73 bits per heavy atom. The molecule has 0 spiro atoms. The molecule has 0 radical (unpaired) electrons. The molecule has 0 saturated heterocycles. The predicted molar refractivity (Wildman–Crippen MR) is 57.2 cm³/mol. The molecular formula is C10H14FNO2S. The van der Waals surface area contributed by atoms with Gasteiger partial charge in [-0.3, -0.25) is 0 Å². The first kappa shape index (κ1) is 12.1. The number of rotatable bonds is 5. The molecule has 1 rings (SSSR count). The molecule has 0 aromatic heterocycles. The van der Waals surface area contributed by atoms with Crippen molar-refractivity contribution in [3.63, 3.8) is 0 Å². The van der Waals surface area contributed by atoms with E-state index in [-0.39, 0.29) is 4.90 Å². The van der Waals surface area contributed by atoms with Gasteiger partial charge in [0.1, 0.15) is 0 Å². The second-order valence-electron chi connectivity index (χ2n) is 3.22. The first-order valence-electron chi connectivity index (χ1n) is 4.62. The van der Waals surface area contributed by atoms with Gasteiger partial charge in [0.2, 0.25) is 9.84 Å². The highest BCUT2D eigenvalue weighted by Gasteiger charge is 2.13. The number of alkyl halides is 1. The number of hydrogen-bond acceptors (Lipinski definition) is 3. The van der Waals surface area contributed by atoms with E-state index in [4.69, 9.17) is 0 Å². The second kappa shape index (κ2) is 5.23. The summed E-state index contributed by atoms with van der Waals surface area (Å²) < 4.78 is 34.7. The van der Waals surface area contributed by atoms with E-state index in [1.165, 1.54) is 12.1 Å². The number of benzene rings is 1. The van der Waals surface area contributed by atoms with E-state index in [9.17, 15) is 12.8 Å². The van der Waals surface area contributed by atoms with Crippen LogP contribution in [0.5, 0.6) is 0 Å². The predicted octanol–water partition coefficient (Wildman–Crippen LogP) is 1.15. The highest BCUT2D eigenvalue weighted by Crippen LogP contribution is 2.13. The van der Waals surface area contributed by atoms with Gasteiger partial charge in [0.15, 0.2) is 6.01 Å². The monoisotopic (exact) mass is 231 g/mol. The van der Waals surface area contributed by atoms with Crippen LogP contribution in [-0.4, -0.2) is 28.0 Å². The molecule has 0 heterocycles. The summed E-state index contributed by atoms with van der Waals surface area (Å²) in [4.78, 5) is 0.0543. The minimum atomic E-state index is -3.73. The summed E-state index contributed by atoms with van der Waals surface area (Å²) in [5, 5.41) is 2.96. The van der Waals surface area contributed by atoms with E-state index in [1.807, 2.05) is 13.1 Å². The molecule has 3 nitrogen and oxygen atoms in total. The third-order valence-electron chi connectivity index (χ3n) is 2.06. The maximum atomic E-state index is 12.2. The van der Waals surface area contributed by atoms with Crippen molar-refractivity contribution in [3.8, 4) is 0 Å². The van der Waals surface area contributed by atoms with E-state index in [2.05, 4.69) is 5.32 Å². The van der Waals surface area contributed by atoms with E-state index < -0.39 is 15.8 Å². The van der Waals surface area contributed by atoms with Gasteiger partial charge in [-0.25, -0.2) is 12.8 Å². The molecule has 0 fully saturated rings. The van der Waals surface area contributed by atoms with Gasteiger partial charge in [0.25, 0.3) is 0 Å². The van der Waals surface area contributed by atoms with Crippen molar-refractivity contribution in [1.82, 2.24) is 5.32 Å². The van der Waals surface area contributed by atoms with E-state index in [1.54, 1.807) is 6.07 Å². The summed E-state index contributed by atoms with van der Waals surface area (Å²) in [6.07, 6.45) is 0.728. The van der Waals surface area contributed by atoms with Crippen molar-refractivity contribution in [2.75, 3.05) is 19.6 Å². The summed E-state index contributed by atoms with van der Waals surface area (Å²) in [5.41, 5.74) is 0.888. The largest absolute Gasteiger partial charge is 0.319 e. The fourth-order valence-corrected chi connectivity index (χ4v) is 1.97. The Hall–Kier alpha value is -0.940. The molecule has 0 atom stereocenters. The van der Waals surface area contributed by atoms with Crippen molar-refractivity contribution >= 4 is 9.84 Å². The minimum absolute atomic E-state index is 0.0543. The maximum Gasteiger partial charge on any atom is 0.207 e. The Labute approximate surface area is 89.2 Å². The van der Waals surface area contributed by atoms with E-state index in [0.717, 1.165) is 18.5 Å². The summed E-state index contributed by atoms with van der Waals surface area (Å²) in [5.74, 6) is 0. The Bertz CT molecular complexity index is 417. The van der Waals surface area contributed by atoms with Gasteiger partial charge in [0, 0.05) is 0 Å². The lowest BCUT2D eigenvalue weighted by Gasteiger charge is -2.04. The molecule has 0 bridgehead atoms. The molecule has 5 heteroatoms. The molecule has 0 unspecified atom stereocenters. The van der Waals surface area contributed by atoms with Crippen LogP contribution in [-0.2, 0) is 16.3 Å². The lowest BCUT2D eigenvalue weighted by atomic mass is 10.1. The summed E-state index contributed by atoms with van der Waals surface area (Å²) in [6, 6.07) is 5.05. The number of nitrogens with one attached hydrogen (secondary N) is 1. The van der Waals surface area contributed by atoms with Gasteiger partial charge in [-0.15, -0.1) is 0 Å². The van der Waals surface area contributed by atoms with Crippen LogP contribution in [0.4, 0.5) is 4.39 Å². The fourth-order valence-electron chi connectivity index (χ4n) is 1.23. The van der Waals surface area contributed by atoms with Crippen LogP contribution in [0, 0.1) is 0 Å². The molecule has 84 valence electrons. The minimum Gasteiger partial charge on any atom is -0.319 e. The molecule has 1 aromatic rings. The third kappa shape index (κ3) is 3.28. The average Bonchev–Trinajstić information content (AvgIpc) is 2.27. The summed E-state index contributed by atoms with van der Waals surface area (Å²) in [6.45, 7) is 0.763. The Kier molecular flexibility index (Phi) is 4.23. The van der Waals surface area contributed by atoms with Crippen LogP contribution in [0.2, 0.25) is 0 Å². The number of hydrogen-bond donors (Lipinski definition) is 1. The quantitative estimate of drug-likeness (QED) is 0.827. The van der Waals surface area contributed by atoms with Crippen LogP contribution in [0.3, 0.4) is 0 Å². The van der Waals surface area contributed by atoms with Crippen LogP contribution >= 0.6 is 0 Å². The Balaban J connectivity index is 2.93. The van der Waals surface area contributed by atoms with Gasteiger partial charge in [-0.2, -0.15) is 0 Å². The van der Waals surface area contributed by atoms with Crippen LogP contribution in [0.15, 0.2) is 29.2 Å². The molecule has 0 amide bonds. The van der Waals surface area contributed by atoms with Gasteiger partial charge >= 0.3 is 0 Å². The lowest BCUT2D eigenvalue weighted by Crippen LogP contribution is -2.11. The fraction of sp³-hybridized carbons (Fsp3) is 0.400. The van der Waals surface area contributed by atoms with E-state index in [0.29, 0.717) is 0 Å². The maximum absolute atomic E-state index is 12.2. The van der Waals surface area contributed by atoms with Crippen molar-refractivity contribution in [2.45, 2.75) is 11.3 Å². The zero-order valence-electron chi connectivity index (χ0n) is 8.53. The zero-order valence-corrected chi connectivity index (χ0v) is 9.35. The van der Waals surface area contributed by atoms with Crippen LogP contribution in [0.1, 0.15) is 5.56 Å². The molecule has 0 aliphatic rings. The van der Waals surface area contributed by atoms with Gasteiger partial charge < -0.3 is 5.32 Å². The SMILES string of the molecule is CNCCc1cccc(S(=O)(=O)CF)c1. The van der Waals surface area contributed by atoms with Crippen molar-refractivity contribution < 1.29 is 12.8 Å². The second-order valence-corrected chi connectivity index (χ2v) is 5.14. The van der Waals surface area contributed by atoms with Crippen molar-refractivity contribution in [3.05, 3.63) is 29.8 Å². The summed E-state index contributed by atoms with van der Waals surface area (Å²) >= 11 is 0. The molecule has 15 heavy (non-hydrogen) atoms. The van der Waals surface area contributed by atoms with Crippen molar-refractivity contribution in [1.29, 1.82) is 0 Å². The number of sulfone groups is 1. The van der Waals surface area contributed by atoms with Crippen LogP contribution < -0.4 is 5.32 Å². The van der Waals surface area contributed by atoms with Gasteiger partial charge in [-0.1, -0.05) is 12.1 Å². The molecule has 0 aliphatic heterocycles. The zero-order chi connectivity index (χ0) is 11.3. The third-order valence-corrected chi connectivity index (χ3v) is 3.32. The van der Waals surface area contributed by atoms with Crippen LogP contribution in [0.25, 0.3) is 0 Å². The normalized spacial score (nSPS) is 11.6. The standard InChI is InChI=1S/C10H14FNO2S/c1-12-6-5-9-3-2-4-10(7-9)15(13,14)8-11/h2-4,7,12H,5-6,8H2,1H3. The number of halogens is 1. The molecule has 0 saturated carbocycles. The average molecular weight is 231 g/mol. The lowest BCUT2D eigenvalue weighted by molar-refractivity contribution is 0.534. The highest BCUT2D eigenvalue weighted by atomic mass is 32.2. The first-order chi connectivity index (χ1) is 7.10. The topological polar surface area (TPSA) is 46.2 Å². The Morgan fingerprint density at radius 1 is 1.40 bits per heavy atom. The summed E-state index contributed by atoms with van der Waals surface area (Å²) in [7, 11) is -1.91. The molecular weight excluding hydrogens is 217 g/mol. The van der Waals surface area contributed by atoms with Crippen molar-refractivity contribution in [2.24, 2.45) is 0 Å². The molecule has 1 aromatic carbocycles. The number of likely N-dealkylation sites (N-methyl/N-ethyl adjacent to an activating group) is 1. The first-order valence-corrected chi connectivity index (χ1v) is 6.27. The Morgan fingerprint density at radius 2 is 2.13 bits per heavy atom. The smallest absolute Gasteiger partial charge is 0.207 e. The molecule has 0 aliphatic carbocycles.